The molecule has 2 saturated heterocycles. The second kappa shape index (κ2) is 10.7. The van der Waals surface area contributed by atoms with Gasteiger partial charge in [-0.2, -0.15) is 0 Å². The monoisotopic (exact) mass is 557 g/mol. The lowest BCUT2D eigenvalue weighted by atomic mass is 9.73. The lowest BCUT2D eigenvalue weighted by Crippen LogP contribution is -2.56. The van der Waals surface area contributed by atoms with Crippen LogP contribution in [0.4, 0.5) is 5.69 Å². The maximum absolute atomic E-state index is 14.7. The number of aliphatic hydroxyl groups is 1. The molecular weight excluding hydrogens is 518 g/mol. The molecule has 216 valence electrons. The summed E-state index contributed by atoms with van der Waals surface area (Å²) in [5, 5.41) is 11.6. The van der Waals surface area contributed by atoms with Crippen molar-refractivity contribution in [3.05, 3.63) is 66.8 Å². The van der Waals surface area contributed by atoms with E-state index in [2.05, 4.69) is 0 Å². The van der Waals surface area contributed by atoms with Gasteiger partial charge >= 0.3 is 0 Å². The summed E-state index contributed by atoms with van der Waals surface area (Å²) in [6, 6.07) is 13.1. The maximum atomic E-state index is 14.7. The first kappa shape index (κ1) is 27.7. The second-order valence-corrected chi connectivity index (χ2v) is 11.7. The average Bonchev–Trinajstić information content (AvgIpc) is 3.27. The van der Waals surface area contributed by atoms with Crippen LogP contribution < -0.4 is 4.90 Å². The quantitative estimate of drug-likeness (QED) is 0.395. The van der Waals surface area contributed by atoms with Crippen molar-refractivity contribution in [1.82, 2.24) is 9.80 Å². The topological polar surface area (TPSA) is 90.4 Å². The first-order valence-corrected chi connectivity index (χ1v) is 15.0. The zero-order chi connectivity index (χ0) is 28.8. The number of amides is 3. The summed E-state index contributed by atoms with van der Waals surface area (Å²) in [5.74, 6) is -2.05. The van der Waals surface area contributed by atoms with Gasteiger partial charge in [0.2, 0.25) is 11.8 Å². The van der Waals surface area contributed by atoms with Crippen LogP contribution in [-0.2, 0) is 19.1 Å². The predicted molar refractivity (Wildman–Crippen MR) is 157 cm³/mol. The van der Waals surface area contributed by atoms with Gasteiger partial charge in [0, 0.05) is 38.5 Å². The fraction of sp³-hybridized carbons (Fsp3) is 0.485. The average molecular weight is 558 g/mol. The van der Waals surface area contributed by atoms with Crippen molar-refractivity contribution < 1.29 is 24.2 Å². The molecule has 8 nitrogen and oxygen atoms in total. The van der Waals surface area contributed by atoms with Crippen LogP contribution in [0.15, 0.2) is 66.8 Å². The number of fused-ring (bicyclic) bond motifs is 3. The van der Waals surface area contributed by atoms with Gasteiger partial charge in [-0.05, 0) is 48.6 Å². The number of carbonyl (C=O) groups excluding carboxylic acids is 3. The molecule has 5 atom stereocenters. The highest BCUT2D eigenvalue weighted by molar-refractivity contribution is 6.06. The summed E-state index contributed by atoms with van der Waals surface area (Å²) in [5.41, 5.74) is -1.49. The number of hydrogen-bond acceptors (Lipinski definition) is 5. The molecule has 4 heterocycles. The smallest absolute Gasteiger partial charge is 0.253 e. The maximum Gasteiger partial charge on any atom is 0.253 e. The lowest BCUT2D eigenvalue weighted by molar-refractivity contribution is -0.150. The number of anilines is 1. The molecule has 2 aromatic carbocycles. The number of nitrogens with zero attached hydrogens (tertiary/aromatic N) is 3. The summed E-state index contributed by atoms with van der Waals surface area (Å²) in [6.07, 6.45) is 10.2. The minimum Gasteiger partial charge on any atom is -0.396 e. The van der Waals surface area contributed by atoms with Gasteiger partial charge < -0.3 is 24.5 Å². The van der Waals surface area contributed by atoms with E-state index < -0.39 is 29.1 Å². The number of carbonyl (C=O) groups is 3. The number of benzene rings is 2. The van der Waals surface area contributed by atoms with E-state index in [0.717, 1.165) is 22.9 Å². The van der Waals surface area contributed by atoms with E-state index in [1.807, 2.05) is 85.5 Å². The van der Waals surface area contributed by atoms with Crippen molar-refractivity contribution in [2.45, 2.75) is 56.8 Å². The molecule has 4 aliphatic heterocycles. The Labute approximate surface area is 241 Å². The number of likely N-dealkylation sites (tertiary alicyclic amines) is 1. The van der Waals surface area contributed by atoms with E-state index in [1.54, 1.807) is 9.80 Å². The normalized spacial score (nSPS) is 31.0. The third-order valence-electron chi connectivity index (χ3n) is 9.37. The molecule has 0 aromatic heterocycles. The summed E-state index contributed by atoms with van der Waals surface area (Å²) < 4.78 is 7.03. The molecule has 1 unspecified atom stereocenters. The zero-order valence-electron chi connectivity index (χ0n) is 23.9. The molecule has 0 aliphatic carbocycles. The Hall–Kier alpha value is -3.49. The fourth-order valence-corrected chi connectivity index (χ4v) is 7.49. The number of aliphatic hydroxyl groups excluding tert-OH is 1. The van der Waals surface area contributed by atoms with Crippen LogP contribution in [0.5, 0.6) is 0 Å². The number of rotatable bonds is 8. The van der Waals surface area contributed by atoms with Crippen LogP contribution in [-0.4, -0.2) is 82.7 Å². The summed E-state index contributed by atoms with van der Waals surface area (Å²) in [7, 11) is 0. The molecule has 6 rings (SSSR count). The molecule has 3 amide bonds. The summed E-state index contributed by atoms with van der Waals surface area (Å²) >= 11 is 0. The molecule has 2 aromatic rings. The molecule has 4 aliphatic rings. The van der Waals surface area contributed by atoms with Crippen molar-refractivity contribution in [2.24, 2.45) is 11.8 Å². The van der Waals surface area contributed by atoms with Gasteiger partial charge in [0.1, 0.15) is 11.6 Å². The summed E-state index contributed by atoms with van der Waals surface area (Å²) in [4.78, 5) is 48.4. The highest BCUT2D eigenvalue weighted by atomic mass is 16.5. The molecule has 0 radical (unpaired) electrons. The van der Waals surface area contributed by atoms with Gasteiger partial charge in [0.15, 0.2) is 0 Å². The Morgan fingerprint density at radius 3 is 2.41 bits per heavy atom. The van der Waals surface area contributed by atoms with Gasteiger partial charge in [-0.3, -0.25) is 14.4 Å². The molecule has 41 heavy (non-hydrogen) atoms. The standard InChI is InChI=1S/C33H39N3O5/c1-3-17-34-18-9-15-32(4-2)26(29(34)38)27-30(39)36(19-7-8-21-37)28-31(40)35(20-10-16-33(27,28)41-32)25-14-13-23-11-5-6-12-24(23)22-25/h5-6,9-16,22,26-28,37H,3-4,7-8,17-21H2,1-2H3/t26-,27-,28?,32+,33-/m0/s1. The Kier molecular flexibility index (Phi) is 7.24. The molecule has 0 saturated carbocycles. The van der Waals surface area contributed by atoms with Crippen molar-refractivity contribution in [2.75, 3.05) is 37.7 Å². The van der Waals surface area contributed by atoms with E-state index in [-0.39, 0.29) is 24.3 Å². The van der Waals surface area contributed by atoms with Crippen LogP contribution in [0.2, 0.25) is 0 Å². The Bertz CT molecular complexity index is 1420. The van der Waals surface area contributed by atoms with Crippen LogP contribution in [0.3, 0.4) is 0 Å². The third-order valence-corrected chi connectivity index (χ3v) is 9.37. The second-order valence-electron chi connectivity index (χ2n) is 11.7. The molecule has 8 heteroatoms. The van der Waals surface area contributed by atoms with Crippen LogP contribution in [0.25, 0.3) is 10.8 Å². The van der Waals surface area contributed by atoms with Crippen molar-refractivity contribution >= 4 is 34.2 Å². The van der Waals surface area contributed by atoms with Gasteiger partial charge in [0.25, 0.3) is 5.91 Å². The highest BCUT2D eigenvalue weighted by Crippen LogP contribution is 2.58. The molecule has 1 N–H and O–H groups in total. The van der Waals surface area contributed by atoms with Gasteiger partial charge in [-0.25, -0.2) is 0 Å². The first-order chi connectivity index (χ1) is 19.9. The van der Waals surface area contributed by atoms with Crippen molar-refractivity contribution in [3.63, 3.8) is 0 Å². The van der Waals surface area contributed by atoms with Gasteiger partial charge in [-0.15, -0.1) is 0 Å². The van der Waals surface area contributed by atoms with Crippen molar-refractivity contribution in [1.29, 1.82) is 0 Å². The van der Waals surface area contributed by atoms with Gasteiger partial charge in [0.05, 0.1) is 17.4 Å². The minimum atomic E-state index is -1.27. The third kappa shape index (κ3) is 4.22. The largest absolute Gasteiger partial charge is 0.396 e. The van der Waals surface area contributed by atoms with E-state index in [4.69, 9.17) is 4.74 Å². The number of ether oxygens (including phenoxy) is 1. The number of hydrogen-bond donors (Lipinski definition) is 1. The summed E-state index contributed by atoms with van der Waals surface area (Å²) in [6.45, 7) is 5.75. The van der Waals surface area contributed by atoms with Crippen LogP contribution in [0.1, 0.15) is 39.5 Å². The Morgan fingerprint density at radius 2 is 1.66 bits per heavy atom. The molecule has 1 spiro atoms. The zero-order valence-corrected chi connectivity index (χ0v) is 23.9. The van der Waals surface area contributed by atoms with E-state index in [0.29, 0.717) is 45.4 Å². The predicted octanol–water partition coefficient (Wildman–Crippen LogP) is 3.68. The molecule has 2 fully saturated rings. The van der Waals surface area contributed by atoms with E-state index >= 15 is 0 Å². The molecule has 0 bridgehead atoms. The Balaban J connectivity index is 1.46. The van der Waals surface area contributed by atoms with Crippen molar-refractivity contribution in [3.8, 4) is 0 Å². The first-order valence-electron chi connectivity index (χ1n) is 15.0. The fourth-order valence-electron chi connectivity index (χ4n) is 7.49. The minimum absolute atomic E-state index is 0.00562. The van der Waals surface area contributed by atoms with E-state index in [9.17, 15) is 19.5 Å². The Morgan fingerprint density at radius 1 is 0.878 bits per heavy atom. The highest BCUT2D eigenvalue weighted by Gasteiger charge is 2.75. The molecular formula is C33H39N3O5. The number of unbranched alkanes of at least 4 members (excludes halogenated alkanes) is 1. The van der Waals surface area contributed by atoms with Gasteiger partial charge in [-0.1, -0.05) is 68.5 Å². The SMILES string of the molecule is CCCN1CC=C[C@@]2(CC)O[C@]34C=CCN(c5ccc6ccccc6c5)C(=O)C3N(CCCCO)C(=O)[C@@H]4[C@H]2C1=O. The lowest BCUT2D eigenvalue weighted by Gasteiger charge is -2.38. The van der Waals surface area contributed by atoms with E-state index in [1.165, 1.54) is 0 Å². The van der Waals surface area contributed by atoms with Crippen LogP contribution >= 0.6 is 0 Å². The van der Waals surface area contributed by atoms with Crippen LogP contribution in [0, 0.1) is 11.8 Å².